The molecular formula is C27H50N6O. The van der Waals surface area contributed by atoms with E-state index in [1.165, 1.54) is 38.8 Å². The van der Waals surface area contributed by atoms with E-state index in [4.69, 9.17) is 15.0 Å². The van der Waals surface area contributed by atoms with Gasteiger partial charge in [0.2, 0.25) is 5.96 Å². The third-order valence-corrected chi connectivity index (χ3v) is 6.25. The van der Waals surface area contributed by atoms with Gasteiger partial charge >= 0.3 is 0 Å². The molecule has 0 bridgehead atoms. The van der Waals surface area contributed by atoms with E-state index in [2.05, 4.69) is 61.1 Å². The van der Waals surface area contributed by atoms with Crippen LogP contribution in [0.15, 0.2) is 33.5 Å². The minimum Gasteiger partial charge on any atom is -0.381 e. The Morgan fingerprint density at radius 1 is 1.24 bits per heavy atom. The number of hydrogen-bond donors (Lipinski definition) is 1. The van der Waals surface area contributed by atoms with Crippen LogP contribution < -0.4 is 5.32 Å². The number of methoxy groups -OCH3 is 1. The fraction of sp³-hybridized carbons (Fsp3) is 0.741. The summed E-state index contributed by atoms with van der Waals surface area (Å²) in [5, 5.41) is 11.4. The van der Waals surface area contributed by atoms with Gasteiger partial charge in [0.25, 0.3) is 0 Å². The molecule has 194 valence electrons. The Morgan fingerprint density at radius 3 is 2.26 bits per heavy atom. The van der Waals surface area contributed by atoms with Crippen LogP contribution >= 0.6 is 0 Å². The molecule has 2 atom stereocenters. The average Bonchev–Trinajstić information content (AvgIpc) is 3.66. The fourth-order valence-electron chi connectivity index (χ4n) is 4.06. The number of nitrogens with one attached hydrogen (secondary N) is 1. The molecule has 1 N–H and O–H groups in total. The maximum absolute atomic E-state index is 8.61. The minimum atomic E-state index is 0.423. The molecule has 34 heavy (non-hydrogen) atoms. The molecule has 0 spiro atoms. The zero-order valence-corrected chi connectivity index (χ0v) is 23.5. The van der Waals surface area contributed by atoms with Gasteiger partial charge < -0.3 is 19.9 Å². The first-order chi connectivity index (χ1) is 16.3. The van der Waals surface area contributed by atoms with Crippen molar-refractivity contribution in [1.29, 1.82) is 5.26 Å². The molecule has 2 fully saturated rings. The second-order valence-electron chi connectivity index (χ2n) is 8.75. The lowest BCUT2D eigenvalue weighted by Crippen LogP contribution is -2.45. The van der Waals surface area contributed by atoms with Gasteiger partial charge in [0.15, 0.2) is 0 Å². The maximum Gasteiger partial charge on any atom is 0.200 e. The Balaban J connectivity index is 0.000000670. The smallest absolute Gasteiger partial charge is 0.200 e. The average molecular weight is 475 g/mol. The number of rotatable bonds is 6. The molecule has 1 aliphatic carbocycles. The molecule has 2 rings (SSSR count). The van der Waals surface area contributed by atoms with Gasteiger partial charge in [-0.15, -0.1) is 0 Å². The van der Waals surface area contributed by atoms with Crippen LogP contribution in [0.5, 0.6) is 0 Å². The second kappa shape index (κ2) is 18.1. The van der Waals surface area contributed by atoms with E-state index < -0.39 is 0 Å². The Hall–Kier alpha value is -2.33. The molecule has 7 heteroatoms. The summed E-state index contributed by atoms with van der Waals surface area (Å²) in [6, 6.07) is 1.99. The lowest BCUT2D eigenvalue weighted by atomic mass is 9.90. The standard InChI is InChI=1S/C17H31N3.C8H13N3O.C2H6/c1-6-13(3)18-17(19(4)5)20-10-8-15(9-11-20)16-12-14(16)7-2;1-7(10-2)11-8(6-9)4-5-12-3;1-2/h6,14-16H,7-12H2,1-5H3;4H,5H2,1-3H3,(H,10,11);1-2H3/b13-6-,18-17?;8-4-;. The number of nitriles is 1. The van der Waals surface area contributed by atoms with E-state index in [0.29, 0.717) is 18.1 Å². The molecule has 0 aromatic heterocycles. The number of guanidine groups is 1. The van der Waals surface area contributed by atoms with Crippen molar-refractivity contribution in [2.45, 2.75) is 67.2 Å². The van der Waals surface area contributed by atoms with Crippen molar-refractivity contribution in [3.8, 4) is 6.07 Å². The van der Waals surface area contributed by atoms with E-state index in [-0.39, 0.29) is 0 Å². The van der Waals surface area contributed by atoms with Crippen molar-refractivity contribution >= 4 is 11.8 Å². The molecule has 1 saturated carbocycles. The summed E-state index contributed by atoms with van der Waals surface area (Å²) in [6.45, 7) is 15.0. The third-order valence-electron chi connectivity index (χ3n) is 6.25. The third kappa shape index (κ3) is 11.7. The highest BCUT2D eigenvalue weighted by atomic mass is 16.5. The van der Waals surface area contributed by atoms with Crippen LogP contribution in [-0.4, -0.2) is 69.5 Å². The summed E-state index contributed by atoms with van der Waals surface area (Å²) in [6.07, 6.45) is 9.32. The zero-order chi connectivity index (χ0) is 26.1. The molecule has 0 amide bonds. The van der Waals surface area contributed by atoms with Crippen molar-refractivity contribution in [2.24, 2.45) is 27.7 Å². The number of aliphatic imine (C=N–C) groups is 2. The molecule has 2 aliphatic rings. The van der Waals surface area contributed by atoms with Crippen LogP contribution in [-0.2, 0) is 4.74 Å². The minimum absolute atomic E-state index is 0.423. The van der Waals surface area contributed by atoms with Crippen LogP contribution in [0.25, 0.3) is 0 Å². The molecule has 0 aromatic rings. The van der Waals surface area contributed by atoms with Gasteiger partial charge in [0.1, 0.15) is 11.8 Å². The normalized spacial score (nSPS) is 21.5. The summed E-state index contributed by atoms with van der Waals surface area (Å²) in [5.41, 5.74) is 1.56. The first-order valence-corrected chi connectivity index (χ1v) is 12.7. The first-order valence-electron chi connectivity index (χ1n) is 12.7. The molecule has 1 aliphatic heterocycles. The summed E-state index contributed by atoms with van der Waals surface area (Å²) in [4.78, 5) is 13.2. The lowest BCUT2D eigenvalue weighted by Gasteiger charge is -2.36. The van der Waals surface area contributed by atoms with Gasteiger partial charge in [-0.2, -0.15) is 5.26 Å². The van der Waals surface area contributed by atoms with Crippen molar-refractivity contribution in [2.75, 3.05) is 47.9 Å². The largest absolute Gasteiger partial charge is 0.381 e. The van der Waals surface area contributed by atoms with Gasteiger partial charge in [0, 0.05) is 47.0 Å². The van der Waals surface area contributed by atoms with Crippen molar-refractivity contribution in [3.63, 3.8) is 0 Å². The van der Waals surface area contributed by atoms with Gasteiger partial charge in [-0.3, -0.25) is 4.99 Å². The number of amidine groups is 1. The Labute approximate surface area is 209 Å². The van der Waals surface area contributed by atoms with Crippen molar-refractivity contribution < 1.29 is 4.74 Å². The number of piperidine rings is 1. The first kappa shape index (κ1) is 31.7. The van der Waals surface area contributed by atoms with E-state index in [1.807, 2.05) is 19.9 Å². The van der Waals surface area contributed by atoms with E-state index in [9.17, 15) is 0 Å². The molecular weight excluding hydrogens is 424 g/mol. The van der Waals surface area contributed by atoms with Crippen LogP contribution in [0.2, 0.25) is 0 Å². The van der Waals surface area contributed by atoms with Crippen LogP contribution in [0, 0.1) is 29.1 Å². The van der Waals surface area contributed by atoms with Crippen LogP contribution in [0.3, 0.4) is 0 Å². The highest BCUT2D eigenvalue weighted by Gasteiger charge is 2.42. The lowest BCUT2D eigenvalue weighted by molar-refractivity contribution is 0.223. The van der Waals surface area contributed by atoms with Gasteiger partial charge in [-0.1, -0.05) is 33.3 Å². The van der Waals surface area contributed by atoms with Crippen molar-refractivity contribution in [1.82, 2.24) is 15.1 Å². The maximum atomic E-state index is 8.61. The van der Waals surface area contributed by atoms with Gasteiger partial charge in [-0.25, -0.2) is 4.99 Å². The van der Waals surface area contributed by atoms with E-state index in [1.54, 1.807) is 27.2 Å². The van der Waals surface area contributed by atoms with E-state index in [0.717, 1.165) is 29.4 Å². The number of likely N-dealkylation sites (tertiary alicyclic amines) is 1. The predicted octanol–water partition coefficient (Wildman–Crippen LogP) is 5.29. The zero-order valence-electron chi connectivity index (χ0n) is 23.5. The highest BCUT2D eigenvalue weighted by molar-refractivity contribution is 5.81. The monoisotopic (exact) mass is 474 g/mol. The highest BCUT2D eigenvalue weighted by Crippen LogP contribution is 2.49. The number of ether oxygens (including phenoxy) is 1. The van der Waals surface area contributed by atoms with Crippen molar-refractivity contribution in [3.05, 3.63) is 23.5 Å². The van der Waals surface area contributed by atoms with Gasteiger partial charge in [-0.05, 0) is 63.9 Å². The number of nitrogens with zero attached hydrogens (tertiary/aromatic N) is 5. The van der Waals surface area contributed by atoms with Crippen LogP contribution in [0.1, 0.15) is 67.2 Å². The summed E-state index contributed by atoms with van der Waals surface area (Å²) in [5.74, 6) is 4.89. The predicted molar refractivity (Wildman–Crippen MR) is 146 cm³/mol. The summed E-state index contributed by atoms with van der Waals surface area (Å²) >= 11 is 0. The van der Waals surface area contributed by atoms with Crippen LogP contribution in [0.4, 0.5) is 0 Å². The number of hydrogen-bond acceptors (Lipinski definition) is 4. The molecule has 0 aromatic carbocycles. The van der Waals surface area contributed by atoms with E-state index >= 15 is 0 Å². The second-order valence-corrected chi connectivity index (χ2v) is 8.75. The Bertz CT molecular complexity index is 724. The SMILES string of the molecule is C/C=C(/C)N=C(N(C)C)N1CCC(C2CC2CC)CC1.CC.CN=C(C)N/C(C#N)=C\COC. The molecule has 7 nitrogen and oxygen atoms in total. The topological polar surface area (TPSA) is 76.2 Å². The Morgan fingerprint density at radius 2 is 1.85 bits per heavy atom. The fourth-order valence-corrected chi connectivity index (χ4v) is 4.06. The molecule has 1 heterocycles. The molecule has 1 saturated heterocycles. The Kier molecular flexibility index (Phi) is 16.8. The molecule has 0 radical (unpaired) electrons. The van der Waals surface area contributed by atoms with Gasteiger partial charge in [0.05, 0.1) is 12.4 Å². The summed E-state index contributed by atoms with van der Waals surface area (Å²) in [7, 11) is 7.43. The molecule has 2 unspecified atom stereocenters. The quantitative estimate of drug-likeness (QED) is 0.321. The summed E-state index contributed by atoms with van der Waals surface area (Å²) < 4.78 is 4.78. The number of allylic oxidation sites excluding steroid dienone is 3.